The number of hydrogen-bond donors (Lipinski definition) is 1. The Labute approximate surface area is 123 Å². The van der Waals surface area contributed by atoms with Gasteiger partial charge >= 0.3 is 0 Å². The molecule has 1 saturated carbocycles. The van der Waals surface area contributed by atoms with Gasteiger partial charge < -0.3 is 15.4 Å². The molecule has 0 bridgehead atoms. The van der Waals surface area contributed by atoms with Crippen molar-refractivity contribution in [3.8, 4) is 0 Å². The predicted octanol–water partition coefficient (Wildman–Crippen LogP) is 2.31. The van der Waals surface area contributed by atoms with E-state index in [4.69, 9.17) is 10.5 Å². The van der Waals surface area contributed by atoms with Crippen LogP contribution in [-0.4, -0.2) is 42.1 Å². The third-order valence-corrected chi connectivity index (χ3v) is 4.54. The fourth-order valence-corrected chi connectivity index (χ4v) is 3.55. The lowest BCUT2D eigenvalue weighted by molar-refractivity contribution is -0.160. The Kier molecular flexibility index (Phi) is 5.44. The van der Waals surface area contributed by atoms with E-state index in [-0.39, 0.29) is 11.7 Å². The Morgan fingerprint density at radius 3 is 2.50 bits per heavy atom. The van der Waals surface area contributed by atoms with Crippen LogP contribution in [0.15, 0.2) is 0 Å². The Morgan fingerprint density at radius 2 is 1.90 bits per heavy atom. The van der Waals surface area contributed by atoms with Gasteiger partial charge in [0.05, 0.1) is 11.7 Å². The molecule has 2 fully saturated rings. The summed E-state index contributed by atoms with van der Waals surface area (Å²) < 4.78 is 5.89. The summed E-state index contributed by atoms with van der Waals surface area (Å²) in [7, 11) is 0. The maximum atomic E-state index is 12.6. The summed E-state index contributed by atoms with van der Waals surface area (Å²) in [5.41, 5.74) is 5.45. The minimum Gasteiger partial charge on any atom is -0.367 e. The highest BCUT2D eigenvalue weighted by Crippen LogP contribution is 2.27. The third kappa shape index (κ3) is 4.45. The minimum atomic E-state index is -0.276. The summed E-state index contributed by atoms with van der Waals surface area (Å²) in [4.78, 5) is 14.5. The zero-order valence-corrected chi connectivity index (χ0v) is 13.1. The first-order valence-electron chi connectivity index (χ1n) is 8.16. The van der Waals surface area contributed by atoms with Crippen LogP contribution in [0.4, 0.5) is 0 Å². The molecule has 1 heterocycles. The molecule has 2 rings (SSSR count). The molecular weight excluding hydrogens is 252 g/mol. The zero-order valence-electron chi connectivity index (χ0n) is 13.1. The molecule has 0 radical (unpaired) electrons. The van der Waals surface area contributed by atoms with E-state index in [2.05, 4.69) is 0 Å². The van der Waals surface area contributed by atoms with Gasteiger partial charge in [-0.05, 0) is 32.6 Å². The van der Waals surface area contributed by atoms with Crippen LogP contribution in [0.3, 0.4) is 0 Å². The number of rotatable bonds is 3. The molecule has 0 aromatic carbocycles. The van der Waals surface area contributed by atoms with Crippen LogP contribution in [0.5, 0.6) is 0 Å². The van der Waals surface area contributed by atoms with Crippen molar-refractivity contribution in [1.82, 2.24) is 4.90 Å². The van der Waals surface area contributed by atoms with Gasteiger partial charge in [0.1, 0.15) is 0 Å². The molecule has 4 nitrogen and oxygen atoms in total. The normalized spacial score (nSPS) is 28.1. The second-order valence-electron chi connectivity index (χ2n) is 7.07. The van der Waals surface area contributed by atoms with Crippen LogP contribution < -0.4 is 5.73 Å². The van der Waals surface area contributed by atoms with Crippen molar-refractivity contribution in [3.63, 3.8) is 0 Å². The largest absolute Gasteiger partial charge is 0.367 e. The van der Waals surface area contributed by atoms with Crippen molar-refractivity contribution in [2.45, 2.75) is 70.5 Å². The highest BCUT2D eigenvalue weighted by molar-refractivity contribution is 5.76. The molecule has 1 amide bonds. The van der Waals surface area contributed by atoms with Gasteiger partial charge in [0, 0.05) is 26.1 Å². The lowest BCUT2D eigenvalue weighted by Crippen LogP contribution is -2.56. The minimum absolute atomic E-state index is 0.0168. The maximum absolute atomic E-state index is 12.6. The first-order chi connectivity index (χ1) is 9.50. The molecule has 2 N–H and O–H groups in total. The number of amides is 1. The van der Waals surface area contributed by atoms with Crippen molar-refractivity contribution in [2.75, 3.05) is 19.6 Å². The van der Waals surface area contributed by atoms with E-state index in [1.807, 2.05) is 18.7 Å². The van der Waals surface area contributed by atoms with E-state index >= 15 is 0 Å². The molecule has 4 heteroatoms. The highest BCUT2D eigenvalue weighted by Gasteiger charge is 2.35. The topological polar surface area (TPSA) is 55.6 Å². The van der Waals surface area contributed by atoms with Gasteiger partial charge in [-0.2, -0.15) is 0 Å². The molecular formula is C16H30N2O2. The van der Waals surface area contributed by atoms with Crippen LogP contribution in [0, 0.1) is 5.92 Å². The summed E-state index contributed by atoms with van der Waals surface area (Å²) in [6.45, 7) is 5.92. The van der Waals surface area contributed by atoms with E-state index in [0.29, 0.717) is 37.9 Å². The van der Waals surface area contributed by atoms with Gasteiger partial charge in [0.15, 0.2) is 0 Å². The molecule has 2 aliphatic rings. The standard InChI is InChI=1S/C16H30N2O2/c1-16(2)12-18(11-14(10-17)20-16)15(19)9-13-7-5-3-4-6-8-13/h13-14H,3-12,17H2,1-2H3. The van der Waals surface area contributed by atoms with Crippen molar-refractivity contribution in [3.05, 3.63) is 0 Å². The number of hydrogen-bond acceptors (Lipinski definition) is 3. The molecule has 0 aromatic heterocycles. The smallest absolute Gasteiger partial charge is 0.223 e. The molecule has 1 aliphatic carbocycles. The fourth-order valence-electron chi connectivity index (χ4n) is 3.55. The quantitative estimate of drug-likeness (QED) is 0.808. The maximum Gasteiger partial charge on any atom is 0.223 e. The number of nitrogens with two attached hydrogens (primary N) is 1. The molecule has 1 saturated heterocycles. The Morgan fingerprint density at radius 1 is 1.25 bits per heavy atom. The monoisotopic (exact) mass is 282 g/mol. The first-order valence-corrected chi connectivity index (χ1v) is 8.16. The Hall–Kier alpha value is -0.610. The summed E-state index contributed by atoms with van der Waals surface area (Å²) in [5, 5.41) is 0. The van der Waals surface area contributed by atoms with E-state index in [1.54, 1.807) is 0 Å². The van der Waals surface area contributed by atoms with Crippen LogP contribution in [0.1, 0.15) is 58.8 Å². The highest BCUT2D eigenvalue weighted by atomic mass is 16.5. The van der Waals surface area contributed by atoms with Crippen LogP contribution in [-0.2, 0) is 9.53 Å². The van der Waals surface area contributed by atoms with Gasteiger partial charge in [-0.15, -0.1) is 0 Å². The van der Waals surface area contributed by atoms with Crippen LogP contribution >= 0.6 is 0 Å². The summed E-state index contributed by atoms with van der Waals surface area (Å²) in [6, 6.07) is 0. The summed E-state index contributed by atoms with van der Waals surface area (Å²) in [6.07, 6.45) is 8.40. The molecule has 0 spiro atoms. The molecule has 1 aliphatic heterocycles. The summed E-state index contributed by atoms with van der Waals surface area (Å²) in [5.74, 6) is 0.888. The van der Waals surface area contributed by atoms with Crippen LogP contribution in [0.2, 0.25) is 0 Å². The van der Waals surface area contributed by atoms with Crippen molar-refractivity contribution >= 4 is 5.91 Å². The van der Waals surface area contributed by atoms with Gasteiger partial charge in [-0.3, -0.25) is 4.79 Å². The number of carbonyl (C=O) groups is 1. The van der Waals surface area contributed by atoms with Gasteiger partial charge in [0.25, 0.3) is 0 Å². The Bertz CT molecular complexity index is 322. The van der Waals surface area contributed by atoms with Crippen molar-refractivity contribution in [2.24, 2.45) is 11.7 Å². The number of carbonyl (C=O) groups excluding carboxylic acids is 1. The number of morpholine rings is 1. The second-order valence-corrected chi connectivity index (χ2v) is 7.07. The van der Waals surface area contributed by atoms with Crippen molar-refractivity contribution < 1.29 is 9.53 Å². The zero-order chi connectivity index (χ0) is 14.6. The molecule has 20 heavy (non-hydrogen) atoms. The van der Waals surface area contributed by atoms with E-state index in [1.165, 1.54) is 38.5 Å². The van der Waals surface area contributed by atoms with E-state index < -0.39 is 0 Å². The van der Waals surface area contributed by atoms with Crippen LogP contribution in [0.25, 0.3) is 0 Å². The SMILES string of the molecule is CC1(C)CN(C(=O)CC2CCCCCC2)CC(CN)O1. The molecule has 1 atom stereocenters. The molecule has 116 valence electrons. The molecule has 0 aromatic rings. The van der Waals surface area contributed by atoms with Gasteiger partial charge in [-0.25, -0.2) is 0 Å². The summed E-state index contributed by atoms with van der Waals surface area (Å²) >= 11 is 0. The Balaban J connectivity index is 1.90. The van der Waals surface area contributed by atoms with Gasteiger partial charge in [-0.1, -0.05) is 25.7 Å². The van der Waals surface area contributed by atoms with E-state index in [9.17, 15) is 4.79 Å². The van der Waals surface area contributed by atoms with Gasteiger partial charge in [0.2, 0.25) is 5.91 Å². The lowest BCUT2D eigenvalue weighted by Gasteiger charge is -2.42. The third-order valence-electron chi connectivity index (χ3n) is 4.54. The number of ether oxygens (including phenoxy) is 1. The first kappa shape index (κ1) is 15.8. The average Bonchev–Trinajstić information content (AvgIpc) is 2.65. The average molecular weight is 282 g/mol. The predicted molar refractivity (Wildman–Crippen MR) is 80.4 cm³/mol. The molecule has 1 unspecified atom stereocenters. The fraction of sp³-hybridized carbons (Fsp3) is 0.938. The van der Waals surface area contributed by atoms with Crippen molar-refractivity contribution in [1.29, 1.82) is 0 Å². The van der Waals surface area contributed by atoms with E-state index in [0.717, 1.165) is 0 Å². The second kappa shape index (κ2) is 6.90. The number of nitrogens with zero attached hydrogens (tertiary/aromatic N) is 1. The lowest BCUT2D eigenvalue weighted by atomic mass is 9.95.